The number of likely N-dealkylation sites (tertiary alicyclic amines) is 1. The van der Waals surface area contributed by atoms with Gasteiger partial charge in [0.05, 0.1) is 0 Å². The van der Waals surface area contributed by atoms with E-state index in [-0.39, 0.29) is 17.6 Å². The van der Waals surface area contributed by atoms with Crippen molar-refractivity contribution < 1.29 is 19.1 Å². The normalized spacial score (nSPS) is 19.0. The van der Waals surface area contributed by atoms with Crippen LogP contribution in [-0.2, 0) is 6.54 Å². The summed E-state index contributed by atoms with van der Waals surface area (Å²) < 4.78 is 13.7. The van der Waals surface area contributed by atoms with Crippen molar-refractivity contribution in [3.8, 4) is 0 Å². The van der Waals surface area contributed by atoms with Crippen LogP contribution in [0.1, 0.15) is 28.8 Å². The lowest BCUT2D eigenvalue weighted by Crippen LogP contribution is -2.41. The lowest BCUT2D eigenvalue weighted by atomic mass is 9.96. The number of piperidine rings is 1. The molecule has 2 heterocycles. The van der Waals surface area contributed by atoms with Gasteiger partial charge in [-0.2, -0.15) is 0 Å². The molecule has 112 valence electrons. The molecule has 1 fully saturated rings. The minimum absolute atomic E-state index is 0.120. The summed E-state index contributed by atoms with van der Waals surface area (Å²) in [6.45, 7) is 1.90. The molecule has 21 heavy (non-hydrogen) atoms. The van der Waals surface area contributed by atoms with E-state index in [0.717, 1.165) is 12.8 Å². The topological polar surface area (TPSA) is 60.9 Å². The maximum Gasteiger partial charge on any atom is 0.407 e. The molecule has 2 amide bonds. The first-order valence-corrected chi connectivity index (χ1v) is 7.11. The summed E-state index contributed by atoms with van der Waals surface area (Å²) in [7, 11) is 0. The van der Waals surface area contributed by atoms with Crippen molar-refractivity contribution in [2.75, 3.05) is 19.6 Å². The van der Waals surface area contributed by atoms with Gasteiger partial charge in [0.25, 0.3) is 5.91 Å². The van der Waals surface area contributed by atoms with E-state index in [1.807, 2.05) is 0 Å². The van der Waals surface area contributed by atoms with E-state index >= 15 is 0 Å². The first-order chi connectivity index (χ1) is 10.1. The molecule has 1 N–H and O–H groups in total. The van der Waals surface area contributed by atoms with Gasteiger partial charge in [0.15, 0.2) is 0 Å². The van der Waals surface area contributed by atoms with Crippen molar-refractivity contribution >= 4 is 12.0 Å². The van der Waals surface area contributed by atoms with Gasteiger partial charge in [0, 0.05) is 37.3 Å². The maximum atomic E-state index is 13.7. The number of carbonyl (C=O) groups excluding carboxylic acids is 1. The largest absolute Gasteiger partial charge is 0.465 e. The summed E-state index contributed by atoms with van der Waals surface area (Å²) in [5.41, 5.74) is 0.934. The zero-order chi connectivity index (χ0) is 15.0. The van der Waals surface area contributed by atoms with Crippen LogP contribution < -0.4 is 0 Å². The number of benzene rings is 1. The standard InChI is InChI=1S/C15H17FN2O3/c16-13-3-1-2-11-12(13)9-18(14(11)19)8-10-4-6-17(7-5-10)15(20)21/h1-3,10H,4-9H2,(H,20,21). The SMILES string of the molecule is O=C(O)N1CCC(CN2Cc3c(F)cccc3C2=O)CC1. The van der Waals surface area contributed by atoms with Crippen LogP contribution in [0, 0.1) is 11.7 Å². The smallest absolute Gasteiger partial charge is 0.407 e. The molecule has 5 nitrogen and oxygen atoms in total. The van der Waals surface area contributed by atoms with E-state index in [4.69, 9.17) is 5.11 Å². The molecule has 0 atom stereocenters. The first-order valence-electron chi connectivity index (χ1n) is 7.11. The van der Waals surface area contributed by atoms with Gasteiger partial charge in [-0.1, -0.05) is 6.07 Å². The summed E-state index contributed by atoms with van der Waals surface area (Å²) in [5.74, 6) is -0.170. The van der Waals surface area contributed by atoms with Crippen LogP contribution in [0.15, 0.2) is 18.2 Å². The number of carboxylic acid groups (broad SMARTS) is 1. The van der Waals surface area contributed by atoms with Crippen molar-refractivity contribution in [1.29, 1.82) is 0 Å². The number of carbonyl (C=O) groups is 2. The quantitative estimate of drug-likeness (QED) is 0.908. The molecule has 1 saturated heterocycles. The van der Waals surface area contributed by atoms with Crippen LogP contribution >= 0.6 is 0 Å². The summed E-state index contributed by atoms with van der Waals surface area (Å²) in [6.07, 6.45) is 0.601. The Morgan fingerprint density at radius 3 is 2.67 bits per heavy atom. The highest BCUT2D eigenvalue weighted by Gasteiger charge is 2.32. The lowest BCUT2D eigenvalue weighted by molar-refractivity contribution is 0.0706. The van der Waals surface area contributed by atoms with Crippen LogP contribution in [0.3, 0.4) is 0 Å². The molecule has 0 bridgehead atoms. The summed E-state index contributed by atoms with van der Waals surface area (Å²) in [4.78, 5) is 26.2. The van der Waals surface area contributed by atoms with Gasteiger partial charge < -0.3 is 14.9 Å². The zero-order valence-electron chi connectivity index (χ0n) is 11.6. The van der Waals surface area contributed by atoms with Crippen LogP contribution in [-0.4, -0.2) is 46.5 Å². The Labute approximate surface area is 122 Å². The average molecular weight is 292 g/mol. The summed E-state index contributed by atoms with van der Waals surface area (Å²) in [5, 5.41) is 8.92. The monoisotopic (exact) mass is 292 g/mol. The second-order valence-corrected chi connectivity index (χ2v) is 5.66. The average Bonchev–Trinajstić information content (AvgIpc) is 2.78. The van der Waals surface area contributed by atoms with Crippen LogP contribution in [0.2, 0.25) is 0 Å². The van der Waals surface area contributed by atoms with E-state index in [1.54, 1.807) is 17.0 Å². The Hall–Kier alpha value is -2.11. The maximum absolute atomic E-state index is 13.7. The van der Waals surface area contributed by atoms with Gasteiger partial charge in [0.1, 0.15) is 5.82 Å². The van der Waals surface area contributed by atoms with Crippen LogP contribution in [0.5, 0.6) is 0 Å². The molecule has 1 aromatic rings. The molecule has 2 aliphatic heterocycles. The molecular weight excluding hydrogens is 275 g/mol. The fourth-order valence-corrected chi connectivity index (χ4v) is 3.12. The Morgan fingerprint density at radius 2 is 2.05 bits per heavy atom. The molecule has 0 aliphatic carbocycles. The van der Waals surface area contributed by atoms with Crippen molar-refractivity contribution in [3.63, 3.8) is 0 Å². The minimum atomic E-state index is -0.889. The Morgan fingerprint density at radius 1 is 1.33 bits per heavy atom. The molecule has 2 aliphatic rings. The third kappa shape index (κ3) is 2.57. The molecule has 1 aromatic carbocycles. The van der Waals surface area contributed by atoms with Gasteiger partial charge in [-0.25, -0.2) is 9.18 Å². The van der Waals surface area contributed by atoms with Gasteiger partial charge in [-0.3, -0.25) is 4.79 Å². The molecule has 0 spiro atoms. The molecule has 6 heteroatoms. The van der Waals surface area contributed by atoms with E-state index in [9.17, 15) is 14.0 Å². The van der Waals surface area contributed by atoms with E-state index in [1.165, 1.54) is 11.0 Å². The molecular formula is C15H17FN2O3. The molecule has 0 saturated carbocycles. The van der Waals surface area contributed by atoms with Gasteiger partial charge in [-0.05, 0) is 30.9 Å². The number of amides is 2. The van der Waals surface area contributed by atoms with E-state index in [2.05, 4.69) is 0 Å². The number of fused-ring (bicyclic) bond motifs is 1. The zero-order valence-corrected chi connectivity index (χ0v) is 11.6. The fourth-order valence-electron chi connectivity index (χ4n) is 3.12. The Bertz CT molecular complexity index is 582. The fraction of sp³-hybridized carbons (Fsp3) is 0.467. The van der Waals surface area contributed by atoms with Crippen molar-refractivity contribution in [3.05, 3.63) is 35.1 Å². The number of hydrogen-bond donors (Lipinski definition) is 1. The predicted octanol–water partition coefficient (Wildman–Crippen LogP) is 2.17. The highest BCUT2D eigenvalue weighted by Crippen LogP contribution is 2.28. The van der Waals surface area contributed by atoms with Crippen LogP contribution in [0.25, 0.3) is 0 Å². The summed E-state index contributed by atoms with van der Waals surface area (Å²) in [6, 6.07) is 4.59. The molecule has 0 aromatic heterocycles. The van der Waals surface area contributed by atoms with Crippen LogP contribution in [0.4, 0.5) is 9.18 Å². The van der Waals surface area contributed by atoms with E-state index < -0.39 is 6.09 Å². The molecule has 0 radical (unpaired) electrons. The third-order valence-corrected chi connectivity index (χ3v) is 4.35. The highest BCUT2D eigenvalue weighted by atomic mass is 19.1. The summed E-state index contributed by atoms with van der Waals surface area (Å²) >= 11 is 0. The van der Waals surface area contributed by atoms with E-state index in [0.29, 0.717) is 37.3 Å². The number of hydrogen-bond acceptors (Lipinski definition) is 2. The van der Waals surface area contributed by atoms with Crippen molar-refractivity contribution in [1.82, 2.24) is 9.80 Å². The molecule has 3 rings (SSSR count). The van der Waals surface area contributed by atoms with Crippen molar-refractivity contribution in [2.24, 2.45) is 5.92 Å². The lowest BCUT2D eigenvalue weighted by Gasteiger charge is -2.32. The molecule has 0 unspecified atom stereocenters. The minimum Gasteiger partial charge on any atom is -0.465 e. The number of nitrogens with zero attached hydrogens (tertiary/aromatic N) is 2. The van der Waals surface area contributed by atoms with Gasteiger partial charge in [0.2, 0.25) is 0 Å². The van der Waals surface area contributed by atoms with Crippen molar-refractivity contribution in [2.45, 2.75) is 19.4 Å². The third-order valence-electron chi connectivity index (χ3n) is 4.35. The second-order valence-electron chi connectivity index (χ2n) is 5.66. The first kappa shape index (κ1) is 13.9. The Balaban J connectivity index is 1.62. The number of rotatable bonds is 2. The highest BCUT2D eigenvalue weighted by molar-refractivity contribution is 5.98. The van der Waals surface area contributed by atoms with Gasteiger partial charge >= 0.3 is 6.09 Å². The number of halogens is 1. The van der Waals surface area contributed by atoms with Gasteiger partial charge in [-0.15, -0.1) is 0 Å². The second kappa shape index (κ2) is 5.35. The Kier molecular flexibility index (Phi) is 3.53. The predicted molar refractivity (Wildman–Crippen MR) is 73.5 cm³/mol.